The van der Waals surface area contributed by atoms with Crippen LogP contribution in [-0.2, 0) is 16.6 Å². The summed E-state index contributed by atoms with van der Waals surface area (Å²) in [5.74, 6) is -0.540. The maximum atomic E-state index is 13.5. The summed E-state index contributed by atoms with van der Waals surface area (Å²) in [4.78, 5) is 12.8. The van der Waals surface area contributed by atoms with Crippen molar-refractivity contribution in [2.75, 3.05) is 9.62 Å². The van der Waals surface area contributed by atoms with Crippen LogP contribution in [0.15, 0.2) is 77.8 Å². The fourth-order valence-corrected chi connectivity index (χ4v) is 5.21. The van der Waals surface area contributed by atoms with E-state index in [2.05, 4.69) is 5.32 Å². The summed E-state index contributed by atoms with van der Waals surface area (Å²) in [7, 11) is -4.08. The number of sulfonamides is 1. The maximum Gasteiger partial charge on any atom is 0.270 e. The average Bonchev–Trinajstić information content (AvgIpc) is 2.73. The Kier molecular flexibility index (Phi) is 5.60. The van der Waals surface area contributed by atoms with Crippen LogP contribution in [0.4, 0.5) is 11.4 Å². The third-order valence-electron chi connectivity index (χ3n) is 5.16. The van der Waals surface area contributed by atoms with Gasteiger partial charge in [0.05, 0.1) is 12.2 Å². The fraction of sp³-hybridized carbons (Fsp3) is 0.125. The molecule has 1 aliphatic rings. The van der Waals surface area contributed by atoms with Crippen LogP contribution in [0.1, 0.15) is 27.0 Å². The van der Waals surface area contributed by atoms with Gasteiger partial charge >= 0.3 is 0 Å². The van der Waals surface area contributed by atoms with Gasteiger partial charge in [0, 0.05) is 22.5 Å². The van der Waals surface area contributed by atoms with Gasteiger partial charge in [0.1, 0.15) is 0 Å². The minimum Gasteiger partial charge on any atom is -0.360 e. The summed E-state index contributed by atoms with van der Waals surface area (Å²) in [5.41, 5.74) is 4.09. The van der Waals surface area contributed by atoms with Crippen molar-refractivity contribution in [2.45, 2.75) is 20.4 Å². The summed E-state index contributed by atoms with van der Waals surface area (Å²) in [6.07, 6.45) is 1.25. The number of rotatable bonds is 4. The lowest BCUT2D eigenvalue weighted by molar-refractivity contribution is 0.104. The van der Waals surface area contributed by atoms with Gasteiger partial charge in [-0.2, -0.15) is 0 Å². The highest BCUT2D eigenvalue weighted by Crippen LogP contribution is 2.36. The Hall–Kier alpha value is -3.09. The van der Waals surface area contributed by atoms with E-state index in [1.807, 2.05) is 44.2 Å². The number of fused-ring (bicyclic) bond motifs is 1. The van der Waals surface area contributed by atoms with Crippen molar-refractivity contribution in [3.05, 3.63) is 105 Å². The van der Waals surface area contributed by atoms with Crippen LogP contribution in [0.3, 0.4) is 0 Å². The van der Waals surface area contributed by atoms with E-state index in [1.54, 1.807) is 36.4 Å². The Labute approximate surface area is 187 Å². The molecule has 0 radical (unpaired) electrons. The number of carbonyl (C=O) groups excluding carboxylic acids is 1. The second-order valence-electron chi connectivity index (χ2n) is 7.46. The molecule has 0 aliphatic carbocycles. The van der Waals surface area contributed by atoms with Crippen LogP contribution in [0, 0.1) is 13.8 Å². The van der Waals surface area contributed by atoms with Crippen molar-refractivity contribution >= 4 is 38.8 Å². The number of anilines is 2. The first-order valence-corrected chi connectivity index (χ1v) is 11.5. The number of allylic oxidation sites excluding steroid dienone is 1. The number of hydrogen-bond donors (Lipinski definition) is 1. The Bertz CT molecular complexity index is 1320. The lowest BCUT2D eigenvalue weighted by atomic mass is 10.1. The molecule has 31 heavy (non-hydrogen) atoms. The predicted octanol–water partition coefficient (Wildman–Crippen LogP) is 5.44. The quantitative estimate of drug-likeness (QED) is 0.535. The third kappa shape index (κ3) is 4.09. The van der Waals surface area contributed by atoms with Gasteiger partial charge in [0.25, 0.3) is 10.0 Å². The summed E-state index contributed by atoms with van der Waals surface area (Å²) in [6.45, 7) is 3.95. The lowest BCUT2D eigenvalue weighted by Gasteiger charge is -2.31. The molecule has 4 rings (SSSR count). The zero-order valence-electron chi connectivity index (χ0n) is 17.1. The summed E-state index contributed by atoms with van der Waals surface area (Å²) < 4.78 is 28.3. The van der Waals surface area contributed by atoms with E-state index in [4.69, 9.17) is 11.6 Å². The molecule has 5 nitrogen and oxygen atoms in total. The van der Waals surface area contributed by atoms with Gasteiger partial charge in [-0.3, -0.25) is 9.10 Å². The normalized spacial score (nSPS) is 16.3. The number of nitrogens with zero attached hydrogens (tertiary/aromatic N) is 1. The van der Waals surface area contributed by atoms with Gasteiger partial charge in [-0.25, -0.2) is 8.42 Å². The summed E-state index contributed by atoms with van der Waals surface area (Å²) in [5, 5.41) is 3.47. The van der Waals surface area contributed by atoms with Gasteiger partial charge in [0.15, 0.2) is 4.91 Å². The smallest absolute Gasteiger partial charge is 0.270 e. The zero-order valence-corrected chi connectivity index (χ0v) is 18.7. The molecule has 3 aromatic rings. The van der Waals surface area contributed by atoms with Crippen LogP contribution in [0.25, 0.3) is 0 Å². The average molecular weight is 453 g/mol. The lowest BCUT2D eigenvalue weighted by Crippen LogP contribution is -2.39. The predicted molar refractivity (Wildman–Crippen MR) is 125 cm³/mol. The molecule has 0 spiro atoms. The number of Topliss-reactive ketones (excluding diaryl/α,β-unsaturated/α-hetero) is 1. The molecule has 0 saturated heterocycles. The molecule has 158 valence electrons. The second kappa shape index (κ2) is 8.21. The number of aryl methyl sites for hydroxylation is 2. The highest BCUT2D eigenvalue weighted by molar-refractivity contribution is 7.97. The highest BCUT2D eigenvalue weighted by atomic mass is 35.5. The molecule has 0 saturated carbocycles. The molecule has 0 unspecified atom stereocenters. The molecule has 0 fully saturated rings. The number of ketones is 1. The summed E-state index contributed by atoms with van der Waals surface area (Å²) in [6, 6.07) is 19.7. The first-order valence-electron chi connectivity index (χ1n) is 9.72. The van der Waals surface area contributed by atoms with E-state index in [9.17, 15) is 13.2 Å². The molecule has 3 aromatic carbocycles. The maximum absolute atomic E-state index is 13.5. The number of nitrogens with one attached hydrogen (secondary N) is 1. The van der Waals surface area contributed by atoms with Gasteiger partial charge < -0.3 is 5.32 Å². The van der Waals surface area contributed by atoms with Crippen molar-refractivity contribution in [2.24, 2.45) is 0 Å². The van der Waals surface area contributed by atoms with Crippen molar-refractivity contribution < 1.29 is 13.2 Å². The molecule has 0 aromatic heterocycles. The minimum atomic E-state index is -4.08. The topological polar surface area (TPSA) is 66.5 Å². The van der Waals surface area contributed by atoms with Crippen LogP contribution < -0.4 is 9.62 Å². The standard InChI is InChI=1S/C24H21ClN2O3S/c1-16-6-5-7-18(12-16)15-27-22-9-4-3-8-20(22)24(28)23(31(27,29)30)14-26-19-11-10-17(2)21(25)13-19/h3-14,26H,15H2,1-2H3. The second-order valence-corrected chi connectivity index (χ2v) is 9.70. The van der Waals surface area contributed by atoms with Crippen molar-refractivity contribution in [1.82, 2.24) is 0 Å². The Balaban J connectivity index is 1.78. The molecule has 1 heterocycles. The van der Waals surface area contributed by atoms with Crippen LogP contribution >= 0.6 is 11.6 Å². The van der Waals surface area contributed by atoms with Crippen molar-refractivity contribution in [3.63, 3.8) is 0 Å². The van der Waals surface area contributed by atoms with Gasteiger partial charge in [-0.1, -0.05) is 59.6 Å². The molecular formula is C24H21ClN2O3S. The van der Waals surface area contributed by atoms with Crippen molar-refractivity contribution in [1.29, 1.82) is 0 Å². The van der Waals surface area contributed by atoms with Crippen LogP contribution in [0.2, 0.25) is 5.02 Å². The monoisotopic (exact) mass is 452 g/mol. The molecule has 1 N–H and O–H groups in total. The Morgan fingerprint density at radius 1 is 1.00 bits per heavy atom. The number of para-hydroxylation sites is 1. The van der Waals surface area contributed by atoms with E-state index in [-0.39, 0.29) is 11.4 Å². The van der Waals surface area contributed by atoms with Crippen molar-refractivity contribution in [3.8, 4) is 0 Å². The molecular weight excluding hydrogens is 432 g/mol. The highest BCUT2D eigenvalue weighted by Gasteiger charge is 2.40. The number of benzene rings is 3. The largest absolute Gasteiger partial charge is 0.360 e. The third-order valence-corrected chi connectivity index (χ3v) is 7.33. The van der Waals surface area contributed by atoms with E-state index in [0.29, 0.717) is 22.0 Å². The fourth-order valence-electron chi connectivity index (χ4n) is 3.50. The number of carbonyl (C=O) groups is 1. The van der Waals surface area contributed by atoms with Gasteiger partial charge in [-0.05, 0) is 49.2 Å². The Morgan fingerprint density at radius 2 is 1.77 bits per heavy atom. The van der Waals surface area contributed by atoms with E-state index in [1.165, 1.54) is 10.5 Å². The molecule has 0 atom stereocenters. The van der Waals surface area contributed by atoms with Crippen LogP contribution in [0.5, 0.6) is 0 Å². The zero-order chi connectivity index (χ0) is 22.2. The SMILES string of the molecule is Cc1cccc(CN2c3ccccc3C(=O)C(=CNc3ccc(C)c(Cl)c3)S2(=O)=O)c1. The molecule has 7 heteroatoms. The summed E-state index contributed by atoms with van der Waals surface area (Å²) >= 11 is 6.16. The first-order chi connectivity index (χ1) is 14.8. The molecule has 1 aliphatic heterocycles. The number of hydrogen-bond acceptors (Lipinski definition) is 4. The number of halogens is 1. The van der Waals surface area contributed by atoms with E-state index >= 15 is 0 Å². The van der Waals surface area contributed by atoms with E-state index < -0.39 is 15.8 Å². The first kappa shape index (κ1) is 21.2. The van der Waals surface area contributed by atoms with Gasteiger partial charge in [0.2, 0.25) is 5.78 Å². The van der Waals surface area contributed by atoms with Crippen LogP contribution in [-0.4, -0.2) is 14.2 Å². The van der Waals surface area contributed by atoms with E-state index in [0.717, 1.165) is 16.7 Å². The minimum absolute atomic E-state index is 0.127. The Morgan fingerprint density at radius 3 is 2.52 bits per heavy atom. The molecule has 0 amide bonds. The van der Waals surface area contributed by atoms with Gasteiger partial charge in [-0.15, -0.1) is 0 Å². The molecule has 0 bridgehead atoms.